The van der Waals surface area contributed by atoms with E-state index in [1.807, 2.05) is 4.90 Å². The Hall–Kier alpha value is -0.590. The van der Waals surface area contributed by atoms with E-state index in [0.29, 0.717) is 18.0 Å². The molecule has 0 aromatic carbocycles. The lowest BCUT2D eigenvalue weighted by Crippen LogP contribution is -3.00. The van der Waals surface area contributed by atoms with Gasteiger partial charge in [0.2, 0.25) is 0 Å². The second-order valence-corrected chi connectivity index (χ2v) is 9.87. The normalized spacial score (nSPS) is 29.8. The van der Waals surface area contributed by atoms with Crippen LogP contribution in [0.4, 0.5) is 10.5 Å². The average molecular weight is 457 g/mol. The Morgan fingerprint density at radius 1 is 1.15 bits per heavy atom. The number of nitrogens with zero attached hydrogens (tertiary/aromatic N) is 2. The van der Waals surface area contributed by atoms with Crippen LogP contribution in [0.1, 0.15) is 57.8 Å². The van der Waals surface area contributed by atoms with Crippen molar-refractivity contribution >= 4 is 23.1 Å². The van der Waals surface area contributed by atoms with Crippen LogP contribution < -0.4 is 21.9 Å². The van der Waals surface area contributed by atoms with E-state index < -0.39 is 0 Å². The number of fused-ring (bicyclic) bond motifs is 2. The summed E-state index contributed by atoms with van der Waals surface area (Å²) in [5, 5.41) is 4.13. The lowest BCUT2D eigenvalue weighted by atomic mass is 9.89. The zero-order valence-corrected chi connectivity index (χ0v) is 19.0. The molecular weight excluding hydrogens is 424 g/mol. The molecule has 4 nitrogen and oxygen atoms in total. The van der Waals surface area contributed by atoms with Crippen LogP contribution >= 0.6 is 11.3 Å². The van der Waals surface area contributed by atoms with Crippen LogP contribution in [-0.4, -0.2) is 49.4 Å². The fraction of sp³-hybridized carbons (Fsp3) is 0.762. The maximum absolute atomic E-state index is 13.1. The van der Waals surface area contributed by atoms with Gasteiger partial charge in [0.25, 0.3) is 0 Å². The highest BCUT2D eigenvalue weighted by atomic mass is 79.9. The zero-order chi connectivity index (χ0) is 18.1. The minimum atomic E-state index is -0.120. The first-order chi connectivity index (χ1) is 12.5. The van der Waals surface area contributed by atoms with E-state index in [-0.39, 0.29) is 29.2 Å². The first-order valence-corrected chi connectivity index (χ1v) is 11.3. The molecule has 6 heteroatoms. The standard InChI is InChI=1S/C21H33N2O2S.BrH/c1-23(2)18-8-9-19(23)13-20(12-18)25-21(24)22(17-10-11-26-15-17)14-16-6-4-3-5-7-16;/h10-11,15-16,18-20H,3-9,12-14H2,1-2H3;1H/q+1;/p-1/t18-,19+,20?;. The van der Waals surface area contributed by atoms with Crippen LogP contribution in [0.3, 0.4) is 0 Å². The summed E-state index contributed by atoms with van der Waals surface area (Å²) in [6.45, 7) is 0.816. The van der Waals surface area contributed by atoms with Gasteiger partial charge in [-0.3, -0.25) is 4.90 Å². The number of rotatable bonds is 4. The Kier molecular flexibility index (Phi) is 6.91. The molecule has 2 saturated heterocycles. The number of carbonyl (C=O) groups excluding carboxylic acids is 1. The third-order valence-corrected chi connectivity index (χ3v) is 7.93. The molecule has 152 valence electrons. The molecule has 0 spiro atoms. The molecule has 3 fully saturated rings. The van der Waals surface area contributed by atoms with E-state index >= 15 is 0 Å². The largest absolute Gasteiger partial charge is 1.00 e. The number of carbonyl (C=O) groups is 1. The van der Waals surface area contributed by atoms with Gasteiger partial charge in [-0.2, -0.15) is 11.3 Å². The molecule has 1 saturated carbocycles. The van der Waals surface area contributed by atoms with Crippen LogP contribution in [0.15, 0.2) is 16.8 Å². The fourth-order valence-corrected chi connectivity index (χ4v) is 6.10. The van der Waals surface area contributed by atoms with Gasteiger partial charge >= 0.3 is 6.09 Å². The van der Waals surface area contributed by atoms with E-state index in [9.17, 15) is 4.79 Å². The molecule has 1 aromatic rings. The average Bonchev–Trinajstić information content (AvgIpc) is 3.17. The second-order valence-electron chi connectivity index (χ2n) is 9.09. The molecule has 3 atom stereocenters. The molecular formula is C21H33BrN2O2S. The van der Waals surface area contributed by atoms with Gasteiger partial charge in [0.05, 0.1) is 31.9 Å². The fourth-order valence-electron chi connectivity index (χ4n) is 5.46. The Morgan fingerprint density at radius 3 is 2.41 bits per heavy atom. The van der Waals surface area contributed by atoms with Gasteiger partial charge in [-0.1, -0.05) is 19.3 Å². The summed E-state index contributed by atoms with van der Waals surface area (Å²) < 4.78 is 7.19. The van der Waals surface area contributed by atoms with Crippen LogP contribution in [0, 0.1) is 5.92 Å². The monoisotopic (exact) mass is 456 g/mol. The smallest absolute Gasteiger partial charge is 0.414 e. The summed E-state index contributed by atoms with van der Waals surface area (Å²) in [7, 11) is 4.70. The predicted molar refractivity (Wildman–Crippen MR) is 107 cm³/mol. The summed E-state index contributed by atoms with van der Waals surface area (Å²) in [5.74, 6) is 0.620. The lowest BCUT2D eigenvalue weighted by Gasteiger charge is -2.44. The number of piperidine rings is 1. The van der Waals surface area contributed by atoms with E-state index in [0.717, 1.165) is 29.6 Å². The number of amides is 1. The van der Waals surface area contributed by atoms with Crippen molar-refractivity contribution in [3.63, 3.8) is 0 Å². The van der Waals surface area contributed by atoms with Crippen molar-refractivity contribution < 1.29 is 31.0 Å². The summed E-state index contributed by atoms with van der Waals surface area (Å²) in [4.78, 5) is 15.0. The van der Waals surface area contributed by atoms with Crippen LogP contribution in [-0.2, 0) is 4.74 Å². The molecule has 1 unspecified atom stereocenters. The number of anilines is 1. The van der Waals surface area contributed by atoms with Crippen molar-refractivity contribution in [3.05, 3.63) is 16.8 Å². The molecule has 2 aliphatic heterocycles. The molecule has 1 aromatic heterocycles. The molecule has 0 radical (unpaired) electrons. The highest BCUT2D eigenvalue weighted by molar-refractivity contribution is 7.08. The number of halogens is 1. The maximum Gasteiger partial charge on any atom is 0.414 e. The first-order valence-electron chi connectivity index (χ1n) is 10.4. The maximum atomic E-state index is 13.1. The molecule has 1 aliphatic carbocycles. The molecule has 3 heterocycles. The van der Waals surface area contributed by atoms with E-state index in [1.165, 1.54) is 44.9 Å². The first kappa shape index (κ1) is 21.1. The van der Waals surface area contributed by atoms with E-state index in [2.05, 4.69) is 30.9 Å². The molecule has 4 rings (SSSR count). The number of quaternary nitrogens is 1. The summed E-state index contributed by atoms with van der Waals surface area (Å²) in [6, 6.07) is 3.36. The Morgan fingerprint density at radius 2 is 1.81 bits per heavy atom. The van der Waals surface area contributed by atoms with Gasteiger partial charge in [0.15, 0.2) is 0 Å². The van der Waals surface area contributed by atoms with Gasteiger partial charge < -0.3 is 26.2 Å². The molecule has 0 N–H and O–H groups in total. The number of hydrogen-bond acceptors (Lipinski definition) is 3. The number of ether oxygens (including phenoxy) is 1. The predicted octanol–water partition coefficient (Wildman–Crippen LogP) is 2.05. The van der Waals surface area contributed by atoms with E-state index in [1.54, 1.807) is 11.3 Å². The third kappa shape index (κ3) is 4.54. The Balaban J connectivity index is 0.00000210. The Bertz CT molecular complexity index is 600. The lowest BCUT2D eigenvalue weighted by molar-refractivity contribution is -0.931. The van der Waals surface area contributed by atoms with Crippen molar-refractivity contribution in [3.8, 4) is 0 Å². The number of hydrogen-bond donors (Lipinski definition) is 0. The second kappa shape index (κ2) is 8.83. The van der Waals surface area contributed by atoms with Crippen molar-refractivity contribution in [2.24, 2.45) is 5.92 Å². The Labute approximate surface area is 178 Å². The molecule has 2 bridgehead atoms. The van der Waals surface area contributed by atoms with Crippen molar-refractivity contribution in [1.82, 2.24) is 0 Å². The quantitative estimate of drug-likeness (QED) is 0.648. The summed E-state index contributed by atoms with van der Waals surface area (Å²) in [6.07, 6.45) is 11.0. The highest BCUT2D eigenvalue weighted by Gasteiger charge is 2.50. The van der Waals surface area contributed by atoms with Gasteiger partial charge in [0, 0.05) is 37.6 Å². The van der Waals surface area contributed by atoms with Crippen molar-refractivity contribution in [1.29, 1.82) is 0 Å². The van der Waals surface area contributed by atoms with Crippen LogP contribution in [0.25, 0.3) is 0 Å². The molecule has 3 aliphatic rings. The van der Waals surface area contributed by atoms with Gasteiger partial charge in [0.1, 0.15) is 6.10 Å². The van der Waals surface area contributed by atoms with Gasteiger partial charge in [-0.15, -0.1) is 0 Å². The minimum Gasteiger partial charge on any atom is -1.00 e. The SMILES string of the molecule is C[N+]1(C)[C@@H]2CC[C@H]1CC(OC(=O)N(CC1CCCCC1)c1ccsc1)C2.[Br-]. The zero-order valence-electron chi connectivity index (χ0n) is 16.6. The van der Waals surface area contributed by atoms with Crippen molar-refractivity contribution in [2.45, 2.75) is 76.0 Å². The molecule has 27 heavy (non-hydrogen) atoms. The minimum absolute atomic E-state index is 0. The van der Waals surface area contributed by atoms with E-state index in [4.69, 9.17) is 4.74 Å². The van der Waals surface area contributed by atoms with Crippen LogP contribution in [0.2, 0.25) is 0 Å². The topological polar surface area (TPSA) is 29.5 Å². The van der Waals surface area contributed by atoms with Gasteiger partial charge in [-0.25, -0.2) is 4.79 Å². The van der Waals surface area contributed by atoms with Gasteiger partial charge in [-0.05, 0) is 30.2 Å². The summed E-state index contributed by atoms with van der Waals surface area (Å²) >= 11 is 1.65. The highest BCUT2D eigenvalue weighted by Crippen LogP contribution is 2.41. The van der Waals surface area contributed by atoms with Crippen molar-refractivity contribution in [2.75, 3.05) is 25.5 Å². The summed E-state index contributed by atoms with van der Waals surface area (Å²) in [5.41, 5.74) is 1.01. The molecule has 1 amide bonds. The number of thiophene rings is 1. The van der Waals surface area contributed by atoms with Crippen LogP contribution in [0.5, 0.6) is 0 Å². The third-order valence-electron chi connectivity index (χ3n) is 7.26.